The molecule has 0 saturated heterocycles. The number of nitrogens with two attached hydrogens (primary N) is 4. The van der Waals surface area contributed by atoms with E-state index in [1.165, 1.54) is 53.3 Å². The number of benzene rings is 4. The molecular weight excluding hydrogens is 1620 g/mol. The predicted octanol–water partition coefficient (Wildman–Crippen LogP) is 17.5. The van der Waals surface area contributed by atoms with Gasteiger partial charge in [-0.25, -0.2) is 39.9 Å². The van der Waals surface area contributed by atoms with Gasteiger partial charge in [0, 0.05) is 136 Å². The van der Waals surface area contributed by atoms with Gasteiger partial charge in [0.05, 0.1) is 115 Å². The van der Waals surface area contributed by atoms with Crippen LogP contribution >= 0.6 is 138 Å². The summed E-state index contributed by atoms with van der Waals surface area (Å²) in [4.78, 5) is 65.9. The predicted molar refractivity (Wildman–Crippen MR) is 441 cm³/mol. The fourth-order valence-electron chi connectivity index (χ4n) is 12.9. The molecular formula is C73H64Cl8N16O7S4. The van der Waals surface area contributed by atoms with Gasteiger partial charge < -0.3 is 67.9 Å². The van der Waals surface area contributed by atoms with E-state index in [0.717, 1.165) is 105 Å². The highest BCUT2D eigenvalue weighted by atomic mass is 35.5. The van der Waals surface area contributed by atoms with E-state index in [1.807, 2.05) is 20.0 Å². The second-order valence-corrected chi connectivity index (χ2v) is 32.4. The van der Waals surface area contributed by atoms with Crippen LogP contribution in [-0.2, 0) is 30.4 Å². The maximum atomic E-state index is 12.4. The number of fused-ring (bicyclic) bond motifs is 8. The molecule has 0 atom stereocenters. The Morgan fingerprint density at radius 1 is 0.463 bits per heavy atom. The first-order valence-corrected chi connectivity index (χ1v) is 40.0. The molecule has 23 nitrogen and oxygen atoms in total. The number of methoxy groups -OCH3 is 1. The van der Waals surface area contributed by atoms with Gasteiger partial charge in [-0.2, -0.15) is 0 Å². The van der Waals surface area contributed by atoms with E-state index in [2.05, 4.69) is 80.4 Å². The number of carbonyl (C=O) groups is 2. The van der Waals surface area contributed by atoms with Crippen molar-refractivity contribution in [3.8, 4) is 68.0 Å². The lowest BCUT2D eigenvalue weighted by Crippen LogP contribution is -2.33. The lowest BCUT2D eigenvalue weighted by Gasteiger charge is -2.28. The number of hydrogen-bond donors (Lipinski definition) is 8. The summed E-state index contributed by atoms with van der Waals surface area (Å²) in [5, 5.41) is 19.4. The van der Waals surface area contributed by atoms with Gasteiger partial charge >= 0.3 is 0 Å². The van der Waals surface area contributed by atoms with Crippen molar-refractivity contribution in [2.75, 3.05) is 83.2 Å². The standard InChI is InChI=1S/C20H18Cl2N4OS.C18H16Cl2N4O3S.C18H16Cl2N4O2S.C17H14Cl2N4OS/c1-9(24-10-3-2-4-10)15-7-12-17(25-20(23)26-19(12)28-15)16-11-5-6-27-18(11)14(22)8-13(16)21;1-26-5-3-22-16(25)12-6-9-14(23-18(21)24-17(9)28-12)13-8-2-4-27-15(8)11(20)7-10(13)19;1-2-4-22-16(25)12-6-9-14(23-18(21)24-17(9)27-12)13-8-3-5-26-15(8)11(20)7-10(13)19;1-7(21-2)12-5-9-14(22-17(20)23-16(9)25-12)13-8-3-4-24-15(8)11(19)6-10(13)18/h7-8,10,24H,1-6H2,(H2,23,25,26);6-7H,2-5H2,1H3,(H,22,25)(H2,21,23,24);6-7H,2-5H2,1H3,(H,22,25)(H2,21,23,24);5-6,21H,1,3-4H2,2H3,(H2,20,22,23). The Balaban J connectivity index is 0.000000121. The van der Waals surface area contributed by atoms with Gasteiger partial charge in [0.25, 0.3) is 11.8 Å². The van der Waals surface area contributed by atoms with Crippen LogP contribution in [0.25, 0.3) is 97.3 Å². The van der Waals surface area contributed by atoms with E-state index in [4.69, 9.17) is 139 Å². The van der Waals surface area contributed by atoms with E-state index in [0.29, 0.717) is 181 Å². The van der Waals surface area contributed by atoms with Gasteiger partial charge in [0.15, 0.2) is 0 Å². The molecule has 0 unspecified atom stereocenters. The van der Waals surface area contributed by atoms with Crippen LogP contribution in [0, 0.1) is 0 Å². The molecule has 8 aromatic heterocycles. The number of thiophene rings is 4. The van der Waals surface area contributed by atoms with E-state index in [1.54, 1.807) is 54.8 Å². The molecule has 108 heavy (non-hydrogen) atoms. The number of rotatable bonds is 16. The normalized spacial score (nSPS) is 13.7. The zero-order valence-electron chi connectivity index (χ0n) is 57.6. The third kappa shape index (κ3) is 15.3. The second-order valence-electron chi connectivity index (χ2n) is 25.0. The zero-order valence-corrected chi connectivity index (χ0v) is 66.9. The molecule has 12 heterocycles. The Bertz CT molecular complexity index is 5680. The third-order valence-electron chi connectivity index (χ3n) is 18.1. The summed E-state index contributed by atoms with van der Waals surface area (Å²) >= 11 is 56.8. The van der Waals surface area contributed by atoms with Crippen molar-refractivity contribution in [1.29, 1.82) is 0 Å². The van der Waals surface area contributed by atoms with Crippen molar-refractivity contribution in [3.05, 3.63) is 144 Å². The molecule has 12 N–H and O–H groups in total. The number of aromatic nitrogens is 8. The molecule has 4 aromatic carbocycles. The van der Waals surface area contributed by atoms with Crippen LogP contribution < -0.4 is 63.1 Å². The number of nitrogens with zero attached hydrogens (tertiary/aromatic N) is 8. The Labute approximate surface area is 673 Å². The molecule has 35 heteroatoms. The summed E-state index contributed by atoms with van der Waals surface area (Å²) in [6.07, 6.45) is 7.28. The summed E-state index contributed by atoms with van der Waals surface area (Å²) in [6, 6.07) is 14.8. The van der Waals surface area contributed by atoms with Gasteiger partial charge in [0.2, 0.25) is 23.8 Å². The van der Waals surface area contributed by atoms with Gasteiger partial charge in [-0.3, -0.25) is 9.59 Å². The van der Waals surface area contributed by atoms with Crippen molar-refractivity contribution in [2.24, 2.45) is 0 Å². The number of ether oxygens (including phenoxy) is 5. The molecule has 5 aliphatic rings. The Morgan fingerprint density at radius 3 is 1.06 bits per heavy atom. The minimum atomic E-state index is -0.208. The molecule has 2 amide bonds. The highest BCUT2D eigenvalue weighted by molar-refractivity contribution is 7.21. The largest absolute Gasteiger partial charge is 0.491 e. The highest BCUT2D eigenvalue weighted by Crippen LogP contribution is 2.52. The van der Waals surface area contributed by atoms with Crippen LogP contribution in [0.15, 0.2) is 61.7 Å². The van der Waals surface area contributed by atoms with Crippen molar-refractivity contribution >= 4 is 226 Å². The molecule has 17 rings (SSSR count). The first kappa shape index (κ1) is 76.5. The molecule has 0 radical (unpaired) electrons. The minimum absolute atomic E-state index is 0.106. The second kappa shape index (κ2) is 32.4. The monoisotopic (exact) mass is 1680 g/mol. The van der Waals surface area contributed by atoms with Crippen LogP contribution in [0.2, 0.25) is 40.2 Å². The van der Waals surface area contributed by atoms with Crippen LogP contribution in [0.4, 0.5) is 23.8 Å². The Kier molecular flexibility index (Phi) is 22.9. The lowest BCUT2D eigenvalue weighted by molar-refractivity contribution is 0.0938. The van der Waals surface area contributed by atoms with E-state index >= 15 is 0 Å². The summed E-state index contributed by atoms with van der Waals surface area (Å²) < 4.78 is 27.6. The number of halogens is 8. The smallest absolute Gasteiger partial charge is 0.261 e. The number of nitrogen functional groups attached to an aromatic ring is 4. The molecule has 1 saturated carbocycles. The van der Waals surface area contributed by atoms with Crippen molar-refractivity contribution in [1.82, 2.24) is 61.1 Å². The van der Waals surface area contributed by atoms with E-state index in [-0.39, 0.29) is 35.6 Å². The van der Waals surface area contributed by atoms with Crippen molar-refractivity contribution < 1.29 is 33.3 Å². The van der Waals surface area contributed by atoms with Crippen LogP contribution in [-0.4, -0.2) is 118 Å². The first-order chi connectivity index (χ1) is 52.0. The van der Waals surface area contributed by atoms with Crippen molar-refractivity contribution in [3.63, 3.8) is 0 Å². The summed E-state index contributed by atoms with van der Waals surface area (Å²) in [6.45, 7) is 13.9. The maximum absolute atomic E-state index is 12.4. The number of hydrogen-bond acceptors (Lipinski definition) is 25. The van der Waals surface area contributed by atoms with Crippen molar-refractivity contribution in [2.45, 2.75) is 64.3 Å². The van der Waals surface area contributed by atoms with E-state index in [9.17, 15) is 9.59 Å². The Hall–Kier alpha value is -8.26. The van der Waals surface area contributed by atoms with Gasteiger partial charge in [-0.1, -0.05) is 113 Å². The minimum Gasteiger partial charge on any atom is -0.491 e. The van der Waals surface area contributed by atoms with Gasteiger partial charge in [-0.05, 0) is 74.2 Å². The number of carbonyl (C=O) groups excluding carboxylic acids is 2. The summed E-state index contributed by atoms with van der Waals surface area (Å²) in [5.74, 6) is 2.88. The van der Waals surface area contributed by atoms with Crippen LogP contribution in [0.1, 0.15) is 84.0 Å². The van der Waals surface area contributed by atoms with E-state index < -0.39 is 0 Å². The average molecular weight is 1690 g/mol. The third-order valence-corrected chi connectivity index (χ3v) is 24.6. The Morgan fingerprint density at radius 2 is 0.769 bits per heavy atom. The molecule has 0 bridgehead atoms. The molecule has 558 valence electrons. The quantitative estimate of drug-likeness (QED) is 0.0417. The lowest BCUT2D eigenvalue weighted by atomic mass is 9.93. The average Bonchev–Trinajstić information content (AvgIpc) is 1.56. The van der Waals surface area contributed by atoms with Crippen LogP contribution in [0.5, 0.6) is 23.0 Å². The fourth-order valence-corrected chi connectivity index (χ4v) is 19.4. The van der Waals surface area contributed by atoms with Crippen LogP contribution in [0.3, 0.4) is 0 Å². The molecule has 1 fully saturated rings. The fraction of sp³-hybridized carbons (Fsp3) is 0.260. The zero-order chi connectivity index (χ0) is 76.1. The SMILES string of the molecule is C=C(NC)c1cc2c(-c3c(Cl)cc(Cl)c4c3CCO4)nc(N)nc2s1.C=C(NC1CCC1)c1cc2c(-c3c(Cl)cc(Cl)c4c3CCO4)nc(N)nc2s1.CCCNC(=O)c1cc2c(-c3c(Cl)cc(Cl)c4c3CCO4)nc(N)nc2s1.COCCNC(=O)c1cc2c(-c3c(Cl)cc(Cl)c4c3CCO4)nc(N)nc2s1. The first-order valence-electron chi connectivity index (χ1n) is 33.7. The summed E-state index contributed by atoms with van der Waals surface area (Å²) in [7, 11) is 3.40. The van der Waals surface area contributed by atoms with Gasteiger partial charge in [0.1, 0.15) is 42.3 Å². The van der Waals surface area contributed by atoms with Gasteiger partial charge in [-0.15, -0.1) is 45.3 Å². The number of amides is 2. The molecule has 0 spiro atoms. The maximum Gasteiger partial charge on any atom is 0.261 e. The molecule has 1 aliphatic carbocycles. The highest BCUT2D eigenvalue weighted by Gasteiger charge is 2.33. The number of anilines is 4. The molecule has 4 aliphatic heterocycles. The molecule has 12 aromatic rings. The topological polar surface area (TPSA) is 336 Å². The number of nitrogens with one attached hydrogen (secondary N) is 4. The summed E-state index contributed by atoms with van der Waals surface area (Å²) in [5.41, 5.74) is 34.9.